The van der Waals surface area contributed by atoms with Crippen molar-refractivity contribution in [3.8, 4) is 11.5 Å². The zero-order chi connectivity index (χ0) is 13.3. The van der Waals surface area contributed by atoms with Crippen molar-refractivity contribution in [3.63, 3.8) is 0 Å². The molecule has 0 spiro atoms. The average Bonchev–Trinajstić information content (AvgIpc) is 2.28. The molecular formula is C12H11ClN2O3. The Labute approximate surface area is 109 Å². The first-order chi connectivity index (χ1) is 8.54. The number of ether oxygens (including phenoxy) is 2. The van der Waals surface area contributed by atoms with Gasteiger partial charge in [-0.3, -0.25) is 4.79 Å². The highest BCUT2D eigenvalue weighted by molar-refractivity contribution is 6.34. The van der Waals surface area contributed by atoms with Gasteiger partial charge in [0.1, 0.15) is 11.5 Å². The summed E-state index contributed by atoms with van der Waals surface area (Å²) in [4.78, 5) is 19.1. The number of carbonyl (C=O) groups is 1. The number of aromatic nitrogens is 2. The van der Waals surface area contributed by atoms with Crippen molar-refractivity contribution in [1.29, 1.82) is 0 Å². The molecule has 0 saturated carbocycles. The maximum Gasteiger partial charge on any atom is 0.308 e. The van der Waals surface area contributed by atoms with Gasteiger partial charge in [0.25, 0.3) is 0 Å². The Hall–Kier alpha value is -1.88. The van der Waals surface area contributed by atoms with Gasteiger partial charge >= 0.3 is 5.97 Å². The summed E-state index contributed by atoms with van der Waals surface area (Å²) in [6.07, 6.45) is 1.36. The SMILES string of the molecule is COc1c(OC(C)=O)cc2ncnc(Cl)c2c1C. The summed E-state index contributed by atoms with van der Waals surface area (Å²) >= 11 is 6.03. The molecule has 5 nitrogen and oxygen atoms in total. The van der Waals surface area contributed by atoms with Crippen molar-refractivity contribution in [1.82, 2.24) is 9.97 Å². The van der Waals surface area contributed by atoms with Crippen LogP contribution in [-0.2, 0) is 4.79 Å². The summed E-state index contributed by atoms with van der Waals surface area (Å²) in [6, 6.07) is 1.61. The van der Waals surface area contributed by atoms with E-state index >= 15 is 0 Å². The van der Waals surface area contributed by atoms with Gasteiger partial charge in [-0.1, -0.05) is 11.6 Å². The molecule has 0 aliphatic heterocycles. The minimum Gasteiger partial charge on any atom is -0.493 e. The lowest BCUT2D eigenvalue weighted by Gasteiger charge is -2.13. The summed E-state index contributed by atoms with van der Waals surface area (Å²) < 4.78 is 10.3. The molecule has 0 N–H and O–H groups in total. The fraction of sp³-hybridized carbons (Fsp3) is 0.250. The van der Waals surface area contributed by atoms with Crippen LogP contribution in [0, 0.1) is 6.92 Å². The molecule has 1 aromatic carbocycles. The first kappa shape index (κ1) is 12.6. The molecule has 0 radical (unpaired) electrons. The van der Waals surface area contributed by atoms with Crippen LogP contribution < -0.4 is 9.47 Å². The van der Waals surface area contributed by atoms with Gasteiger partial charge in [-0.25, -0.2) is 9.97 Å². The fourth-order valence-corrected chi connectivity index (χ4v) is 2.09. The number of carbonyl (C=O) groups excluding carboxylic acids is 1. The predicted molar refractivity (Wildman–Crippen MR) is 67.1 cm³/mol. The van der Waals surface area contributed by atoms with Crippen LogP contribution in [-0.4, -0.2) is 23.0 Å². The molecule has 1 heterocycles. The number of rotatable bonds is 2. The molecular weight excluding hydrogens is 256 g/mol. The summed E-state index contributed by atoms with van der Waals surface area (Å²) in [5.41, 5.74) is 1.33. The van der Waals surface area contributed by atoms with Crippen LogP contribution in [0.3, 0.4) is 0 Å². The smallest absolute Gasteiger partial charge is 0.308 e. The number of halogens is 1. The van der Waals surface area contributed by atoms with E-state index in [1.807, 2.05) is 6.92 Å². The number of methoxy groups -OCH3 is 1. The van der Waals surface area contributed by atoms with Crippen LogP contribution in [0.15, 0.2) is 12.4 Å². The maximum atomic E-state index is 11.1. The minimum atomic E-state index is -0.424. The van der Waals surface area contributed by atoms with Crippen molar-refractivity contribution in [2.24, 2.45) is 0 Å². The molecule has 0 bridgehead atoms. The van der Waals surface area contributed by atoms with Gasteiger partial charge in [-0.15, -0.1) is 0 Å². The Morgan fingerprint density at radius 2 is 2.11 bits per heavy atom. The first-order valence-electron chi connectivity index (χ1n) is 5.20. The standard InChI is InChI=1S/C12H11ClN2O3/c1-6-10-8(14-5-15-12(10)13)4-9(11(6)17-3)18-7(2)16/h4-5H,1-3H3. The molecule has 2 aromatic rings. The lowest BCUT2D eigenvalue weighted by atomic mass is 10.1. The van der Waals surface area contributed by atoms with Crippen LogP contribution in [0.2, 0.25) is 5.15 Å². The Morgan fingerprint density at radius 1 is 1.39 bits per heavy atom. The summed E-state index contributed by atoms with van der Waals surface area (Å²) in [5.74, 6) is 0.353. The largest absolute Gasteiger partial charge is 0.493 e. The fourth-order valence-electron chi connectivity index (χ4n) is 1.81. The molecule has 0 atom stereocenters. The molecule has 94 valence electrons. The zero-order valence-corrected chi connectivity index (χ0v) is 10.9. The Morgan fingerprint density at radius 3 is 2.72 bits per heavy atom. The quantitative estimate of drug-likeness (QED) is 0.475. The van der Waals surface area contributed by atoms with Crippen LogP contribution in [0.25, 0.3) is 10.9 Å². The molecule has 0 amide bonds. The van der Waals surface area contributed by atoms with Gasteiger partial charge < -0.3 is 9.47 Å². The van der Waals surface area contributed by atoms with E-state index in [-0.39, 0.29) is 0 Å². The second kappa shape index (κ2) is 4.78. The highest BCUT2D eigenvalue weighted by Gasteiger charge is 2.16. The third kappa shape index (κ3) is 2.09. The van der Waals surface area contributed by atoms with Gasteiger partial charge in [0.2, 0.25) is 0 Å². The van der Waals surface area contributed by atoms with E-state index in [1.54, 1.807) is 6.07 Å². The van der Waals surface area contributed by atoms with E-state index < -0.39 is 5.97 Å². The van der Waals surface area contributed by atoms with Gasteiger partial charge in [0.15, 0.2) is 11.5 Å². The van der Waals surface area contributed by atoms with E-state index in [0.29, 0.717) is 27.6 Å². The van der Waals surface area contributed by atoms with Crippen LogP contribution in [0.5, 0.6) is 11.5 Å². The number of hydrogen-bond donors (Lipinski definition) is 0. The number of benzene rings is 1. The third-order valence-corrected chi connectivity index (χ3v) is 2.78. The minimum absolute atomic E-state index is 0.324. The highest BCUT2D eigenvalue weighted by Crippen LogP contribution is 2.38. The van der Waals surface area contributed by atoms with Crippen LogP contribution >= 0.6 is 11.6 Å². The van der Waals surface area contributed by atoms with Gasteiger partial charge in [-0.2, -0.15) is 0 Å². The van der Waals surface area contributed by atoms with Crippen molar-refractivity contribution in [2.75, 3.05) is 7.11 Å². The Balaban J connectivity index is 2.77. The molecule has 6 heteroatoms. The van der Waals surface area contributed by atoms with Gasteiger partial charge in [0, 0.05) is 23.9 Å². The zero-order valence-electron chi connectivity index (χ0n) is 10.2. The van der Waals surface area contributed by atoms with Crippen LogP contribution in [0.1, 0.15) is 12.5 Å². The van der Waals surface area contributed by atoms with E-state index in [0.717, 1.165) is 5.56 Å². The second-order valence-electron chi connectivity index (χ2n) is 3.69. The van der Waals surface area contributed by atoms with E-state index in [2.05, 4.69) is 9.97 Å². The molecule has 18 heavy (non-hydrogen) atoms. The number of fused-ring (bicyclic) bond motifs is 1. The Bertz CT molecular complexity index is 628. The monoisotopic (exact) mass is 266 g/mol. The number of nitrogens with zero attached hydrogens (tertiary/aromatic N) is 2. The predicted octanol–water partition coefficient (Wildman–Crippen LogP) is 2.53. The van der Waals surface area contributed by atoms with Gasteiger partial charge in [0.05, 0.1) is 12.6 Å². The molecule has 0 aliphatic carbocycles. The van der Waals surface area contributed by atoms with Crippen molar-refractivity contribution in [2.45, 2.75) is 13.8 Å². The second-order valence-corrected chi connectivity index (χ2v) is 4.04. The van der Waals surface area contributed by atoms with Crippen molar-refractivity contribution in [3.05, 3.63) is 23.1 Å². The molecule has 1 aromatic heterocycles. The van der Waals surface area contributed by atoms with E-state index in [4.69, 9.17) is 21.1 Å². The van der Waals surface area contributed by atoms with Crippen molar-refractivity contribution < 1.29 is 14.3 Å². The normalized spacial score (nSPS) is 10.4. The molecule has 0 saturated heterocycles. The summed E-state index contributed by atoms with van der Waals surface area (Å²) in [5, 5.41) is 1.03. The van der Waals surface area contributed by atoms with Crippen LogP contribution in [0.4, 0.5) is 0 Å². The van der Waals surface area contributed by atoms with Crippen molar-refractivity contribution >= 4 is 28.5 Å². The summed E-state index contributed by atoms with van der Waals surface area (Å²) in [6.45, 7) is 3.13. The van der Waals surface area contributed by atoms with E-state index in [1.165, 1.54) is 20.4 Å². The molecule has 0 aliphatic rings. The topological polar surface area (TPSA) is 61.3 Å². The highest BCUT2D eigenvalue weighted by atomic mass is 35.5. The van der Waals surface area contributed by atoms with Gasteiger partial charge in [-0.05, 0) is 6.92 Å². The summed E-state index contributed by atoms with van der Waals surface area (Å²) in [7, 11) is 1.50. The first-order valence-corrected chi connectivity index (χ1v) is 5.58. The lowest BCUT2D eigenvalue weighted by Crippen LogP contribution is -2.04. The molecule has 2 rings (SSSR count). The Kier molecular flexibility index (Phi) is 3.34. The molecule has 0 unspecified atom stereocenters. The third-order valence-electron chi connectivity index (χ3n) is 2.50. The van der Waals surface area contributed by atoms with E-state index in [9.17, 15) is 4.79 Å². The number of aryl methyl sites for hydroxylation is 1. The number of hydrogen-bond acceptors (Lipinski definition) is 5. The average molecular weight is 267 g/mol. The molecule has 0 fully saturated rings. The lowest BCUT2D eigenvalue weighted by molar-refractivity contribution is -0.131. The number of esters is 1. The maximum absolute atomic E-state index is 11.1.